The van der Waals surface area contributed by atoms with Crippen molar-refractivity contribution in [1.82, 2.24) is 0 Å². The average Bonchev–Trinajstić information content (AvgIpc) is 2.73. The first kappa shape index (κ1) is 22.6. The predicted octanol–water partition coefficient (Wildman–Crippen LogP) is 5.06. The van der Waals surface area contributed by atoms with Crippen molar-refractivity contribution >= 4 is 29.2 Å². The molecule has 0 aliphatic rings. The molecule has 0 bridgehead atoms. The molecule has 0 fully saturated rings. The number of nitrogens with one attached hydrogen (secondary N) is 1. The molecule has 0 heterocycles. The summed E-state index contributed by atoms with van der Waals surface area (Å²) in [5.41, 5.74) is 2.02. The zero-order chi connectivity index (χ0) is 21.4. The van der Waals surface area contributed by atoms with Crippen molar-refractivity contribution in [2.24, 2.45) is 0 Å². The molecule has 0 unspecified atom stereocenters. The van der Waals surface area contributed by atoms with Crippen LogP contribution >= 0.6 is 11.6 Å². The monoisotopic (exact) mass is 419 g/mol. The molecule has 1 N–H and O–H groups in total. The smallest absolute Gasteiger partial charge is 0.338 e. The minimum Gasteiger partial charge on any atom is -0.493 e. The molecular formula is C22H26ClNO5. The molecule has 2 aromatic carbocycles. The van der Waals surface area contributed by atoms with Gasteiger partial charge in [-0.25, -0.2) is 4.79 Å². The molecule has 29 heavy (non-hydrogen) atoms. The van der Waals surface area contributed by atoms with Crippen molar-refractivity contribution < 1.29 is 23.8 Å². The number of ether oxygens (including phenoxy) is 3. The molecule has 0 saturated heterocycles. The number of carbonyl (C=O) groups excluding carboxylic acids is 2. The van der Waals surface area contributed by atoms with Crippen LogP contribution in [0.5, 0.6) is 11.5 Å². The summed E-state index contributed by atoms with van der Waals surface area (Å²) in [6.07, 6.45) is 1.04. The molecule has 7 heteroatoms. The maximum Gasteiger partial charge on any atom is 0.338 e. The van der Waals surface area contributed by atoms with Crippen LogP contribution in [0, 0.1) is 0 Å². The Morgan fingerprint density at radius 3 is 2.41 bits per heavy atom. The Morgan fingerprint density at radius 2 is 1.83 bits per heavy atom. The Balaban J connectivity index is 1.96. The quantitative estimate of drug-likeness (QED) is 0.575. The van der Waals surface area contributed by atoms with Crippen LogP contribution < -0.4 is 14.8 Å². The third kappa shape index (κ3) is 6.12. The van der Waals surface area contributed by atoms with E-state index in [1.807, 2.05) is 31.2 Å². The third-order valence-electron chi connectivity index (χ3n) is 4.46. The lowest BCUT2D eigenvalue weighted by molar-refractivity contribution is -0.119. The highest BCUT2D eigenvalue weighted by Gasteiger charge is 2.17. The van der Waals surface area contributed by atoms with E-state index in [0.717, 1.165) is 6.42 Å². The molecule has 0 aliphatic carbocycles. The van der Waals surface area contributed by atoms with Gasteiger partial charge in [0.15, 0.2) is 18.1 Å². The van der Waals surface area contributed by atoms with Gasteiger partial charge in [-0.3, -0.25) is 4.79 Å². The van der Waals surface area contributed by atoms with Crippen LogP contribution in [-0.2, 0) is 9.53 Å². The maximum atomic E-state index is 12.3. The number of esters is 1. The Bertz CT molecular complexity index is 851. The fourth-order valence-corrected chi connectivity index (χ4v) is 2.93. The molecule has 0 saturated carbocycles. The lowest BCUT2D eigenvalue weighted by Crippen LogP contribution is -2.21. The summed E-state index contributed by atoms with van der Waals surface area (Å²) in [7, 11) is 1.45. The fourth-order valence-electron chi connectivity index (χ4n) is 2.66. The number of carbonyl (C=O) groups is 2. The van der Waals surface area contributed by atoms with Crippen molar-refractivity contribution in [1.29, 1.82) is 0 Å². The molecule has 0 spiro atoms. The first-order valence-electron chi connectivity index (χ1n) is 9.46. The van der Waals surface area contributed by atoms with Crippen molar-refractivity contribution in [3.8, 4) is 11.5 Å². The zero-order valence-corrected chi connectivity index (χ0v) is 17.8. The first-order valence-corrected chi connectivity index (χ1v) is 9.84. The van der Waals surface area contributed by atoms with E-state index in [1.165, 1.54) is 24.8 Å². The lowest BCUT2D eigenvalue weighted by atomic mass is 9.99. The molecule has 2 aromatic rings. The summed E-state index contributed by atoms with van der Waals surface area (Å²) in [4.78, 5) is 24.4. The average molecular weight is 420 g/mol. The zero-order valence-electron chi connectivity index (χ0n) is 17.1. The SMILES string of the molecule is CCOc1c(Cl)cc(C(=O)OCC(=O)Nc2ccc([C@@H](C)CC)cc2)cc1OC. The summed E-state index contributed by atoms with van der Waals surface area (Å²) in [5, 5.41) is 2.93. The van der Waals surface area contributed by atoms with Crippen LogP contribution in [0.4, 0.5) is 5.69 Å². The van der Waals surface area contributed by atoms with Gasteiger partial charge in [0.25, 0.3) is 5.91 Å². The van der Waals surface area contributed by atoms with Gasteiger partial charge >= 0.3 is 5.97 Å². The molecule has 1 amide bonds. The first-order chi connectivity index (χ1) is 13.9. The number of hydrogen-bond acceptors (Lipinski definition) is 5. The van der Waals surface area contributed by atoms with Crippen molar-refractivity contribution in [2.45, 2.75) is 33.1 Å². The van der Waals surface area contributed by atoms with Crippen molar-refractivity contribution in [2.75, 3.05) is 25.6 Å². The van der Waals surface area contributed by atoms with Gasteiger partial charge in [-0.2, -0.15) is 0 Å². The number of benzene rings is 2. The Kier molecular flexibility index (Phi) is 8.34. The second-order valence-corrected chi connectivity index (χ2v) is 6.89. The fraction of sp³-hybridized carbons (Fsp3) is 0.364. The highest BCUT2D eigenvalue weighted by Crippen LogP contribution is 2.36. The van der Waals surface area contributed by atoms with Crippen LogP contribution in [0.1, 0.15) is 49.0 Å². The van der Waals surface area contributed by atoms with Crippen LogP contribution in [0.15, 0.2) is 36.4 Å². The highest BCUT2D eigenvalue weighted by atomic mass is 35.5. The topological polar surface area (TPSA) is 73.9 Å². The number of anilines is 1. The molecule has 0 radical (unpaired) electrons. The Morgan fingerprint density at radius 1 is 1.14 bits per heavy atom. The summed E-state index contributed by atoms with van der Waals surface area (Å²) >= 11 is 6.16. The second kappa shape index (κ2) is 10.7. The van der Waals surface area contributed by atoms with Crippen LogP contribution in [0.25, 0.3) is 0 Å². The van der Waals surface area contributed by atoms with E-state index in [-0.39, 0.29) is 10.6 Å². The number of halogens is 1. The van der Waals surface area contributed by atoms with E-state index < -0.39 is 18.5 Å². The number of rotatable bonds is 9. The lowest BCUT2D eigenvalue weighted by Gasteiger charge is -2.13. The van der Waals surface area contributed by atoms with E-state index >= 15 is 0 Å². The van der Waals surface area contributed by atoms with Gasteiger partial charge in [0, 0.05) is 5.69 Å². The highest BCUT2D eigenvalue weighted by molar-refractivity contribution is 6.32. The Labute approximate surface area is 176 Å². The predicted molar refractivity (Wildman–Crippen MR) is 113 cm³/mol. The van der Waals surface area contributed by atoms with Gasteiger partial charge in [-0.05, 0) is 49.1 Å². The van der Waals surface area contributed by atoms with E-state index in [9.17, 15) is 9.59 Å². The van der Waals surface area contributed by atoms with Gasteiger partial charge in [-0.15, -0.1) is 0 Å². The van der Waals surface area contributed by atoms with E-state index in [4.69, 9.17) is 25.8 Å². The van der Waals surface area contributed by atoms with Gasteiger partial charge in [0.1, 0.15) is 0 Å². The van der Waals surface area contributed by atoms with E-state index in [2.05, 4.69) is 19.2 Å². The summed E-state index contributed by atoms with van der Waals surface area (Å²) < 4.78 is 15.7. The summed E-state index contributed by atoms with van der Waals surface area (Å²) in [6, 6.07) is 10.5. The molecule has 0 aliphatic heterocycles. The van der Waals surface area contributed by atoms with Crippen LogP contribution in [0.2, 0.25) is 5.02 Å². The van der Waals surface area contributed by atoms with Gasteiger partial charge in [0.2, 0.25) is 0 Å². The van der Waals surface area contributed by atoms with E-state index in [1.54, 1.807) is 0 Å². The molecule has 2 rings (SSSR count). The largest absolute Gasteiger partial charge is 0.493 e. The molecule has 156 valence electrons. The van der Waals surface area contributed by atoms with Crippen molar-refractivity contribution in [3.63, 3.8) is 0 Å². The molecule has 6 nitrogen and oxygen atoms in total. The van der Waals surface area contributed by atoms with E-state index in [0.29, 0.717) is 29.7 Å². The number of hydrogen-bond donors (Lipinski definition) is 1. The van der Waals surface area contributed by atoms with Gasteiger partial charge < -0.3 is 19.5 Å². The maximum absolute atomic E-state index is 12.3. The molecular weight excluding hydrogens is 394 g/mol. The second-order valence-electron chi connectivity index (χ2n) is 6.48. The normalized spacial score (nSPS) is 11.5. The van der Waals surface area contributed by atoms with Gasteiger partial charge in [-0.1, -0.05) is 37.6 Å². The van der Waals surface area contributed by atoms with Gasteiger partial charge in [0.05, 0.1) is 24.3 Å². The molecule has 0 aromatic heterocycles. The minimum absolute atomic E-state index is 0.168. The summed E-state index contributed by atoms with van der Waals surface area (Å²) in [5.74, 6) is 0.0109. The van der Waals surface area contributed by atoms with Crippen LogP contribution in [-0.4, -0.2) is 32.2 Å². The number of methoxy groups -OCH3 is 1. The van der Waals surface area contributed by atoms with Crippen LogP contribution in [0.3, 0.4) is 0 Å². The van der Waals surface area contributed by atoms with Crippen molar-refractivity contribution in [3.05, 3.63) is 52.5 Å². The number of amides is 1. The summed E-state index contributed by atoms with van der Waals surface area (Å²) in [6.45, 7) is 6.07. The standard InChI is InChI=1S/C22H26ClNO5/c1-5-14(3)15-7-9-17(10-8-15)24-20(25)13-29-22(26)16-11-18(23)21(28-6-2)19(12-16)27-4/h7-12,14H,5-6,13H2,1-4H3,(H,24,25)/t14-/m0/s1. The minimum atomic E-state index is -0.685. The third-order valence-corrected chi connectivity index (χ3v) is 4.74. The molecule has 1 atom stereocenters. The Hall–Kier alpha value is -2.73.